The van der Waals surface area contributed by atoms with Gasteiger partial charge in [-0.15, -0.1) is 0 Å². The summed E-state index contributed by atoms with van der Waals surface area (Å²) < 4.78 is 60.9. The number of anilines is 1. The van der Waals surface area contributed by atoms with Gasteiger partial charge in [-0.05, 0) is 24.7 Å². The number of thioether (sulfide) groups is 1. The van der Waals surface area contributed by atoms with E-state index in [1.807, 2.05) is 0 Å². The Labute approximate surface area is 400 Å². The Morgan fingerprint density at radius 1 is 0.912 bits per heavy atom. The Balaban J connectivity index is 1.06. The second kappa shape index (κ2) is 27.4. The van der Waals surface area contributed by atoms with Crippen LogP contribution in [0.4, 0.5) is 5.82 Å². The molecule has 3 unspecified atom stereocenters. The summed E-state index contributed by atoms with van der Waals surface area (Å²) in [4.78, 5) is 96.9. The second-order valence-electron chi connectivity index (χ2n) is 17.8. The first-order chi connectivity index (χ1) is 32.0. The van der Waals surface area contributed by atoms with Crippen molar-refractivity contribution in [1.29, 1.82) is 0 Å². The third-order valence-electron chi connectivity index (χ3n) is 11.7. The number of aromatic nitrogens is 4. The van der Waals surface area contributed by atoms with E-state index in [9.17, 15) is 57.9 Å². The molecule has 0 spiro atoms. The van der Waals surface area contributed by atoms with E-state index in [0.29, 0.717) is 12.2 Å². The Kier molecular flexibility index (Phi) is 23.4. The molecule has 1 saturated carbocycles. The van der Waals surface area contributed by atoms with Gasteiger partial charge in [-0.3, -0.25) is 28.1 Å². The van der Waals surface area contributed by atoms with Gasteiger partial charge in [0.2, 0.25) is 11.8 Å². The predicted molar refractivity (Wildman–Crippen MR) is 240 cm³/mol. The number of carbonyl (C=O) groups is 3. The van der Waals surface area contributed by atoms with Crippen molar-refractivity contribution in [2.24, 2.45) is 17.3 Å². The standard InChI is InChI=1S/C40H70N7O17P3S/c1-4-5-6-12-15-27-22-28(27)16-13-10-8-7-9-11-14-17-31(49)68-21-20-42-30(48)18-19-43-38(52)35(51)40(2,3)24-61-67(58,59)64-66(56,57)60-23-29-34(63-65(53,54)55)33(50)39(62-29)47-26-46-32-36(41)44-25-45-37(32)47/h25-29,33-35,39,50-51H,4-24H2,1-3H3,(H,42,48)(H,43,52)(H,56,57)(H,58,59)(H2,41,44,45)(H2,53,54,55)/p-4/t27?,28-,29-,33-,34-,35+,39-/m1/s1. The number of aliphatic hydroxyl groups is 2. The van der Waals surface area contributed by atoms with Crippen LogP contribution in [0, 0.1) is 17.3 Å². The highest BCUT2D eigenvalue weighted by molar-refractivity contribution is 8.13. The van der Waals surface area contributed by atoms with Crippen LogP contribution >= 0.6 is 35.2 Å². The Morgan fingerprint density at radius 3 is 2.21 bits per heavy atom. The Morgan fingerprint density at radius 2 is 1.54 bits per heavy atom. The Bertz CT molecular complexity index is 2080. The highest BCUT2D eigenvalue weighted by Gasteiger charge is 2.47. The minimum absolute atomic E-state index is 0.0174. The first-order valence-corrected chi connectivity index (χ1v) is 28.4. The summed E-state index contributed by atoms with van der Waals surface area (Å²) >= 11 is 1.15. The quantitative estimate of drug-likeness (QED) is 0.0495. The first-order valence-electron chi connectivity index (χ1n) is 23.0. The van der Waals surface area contributed by atoms with E-state index in [1.165, 1.54) is 84.5 Å². The molecule has 2 fully saturated rings. The molecule has 28 heteroatoms. The number of carbonyl (C=O) groups excluding carboxylic acids is 3. The topological polar surface area (TPSA) is 375 Å². The zero-order chi connectivity index (χ0) is 50.1. The van der Waals surface area contributed by atoms with Crippen molar-refractivity contribution in [3.05, 3.63) is 12.7 Å². The number of fused-ring (bicyclic) bond motifs is 1. The van der Waals surface area contributed by atoms with E-state index in [0.717, 1.165) is 60.1 Å². The lowest BCUT2D eigenvalue weighted by atomic mass is 9.87. The fraction of sp³-hybridized carbons (Fsp3) is 0.800. The normalized spacial score (nSPS) is 23.0. The number of nitrogens with one attached hydrogen (secondary N) is 2. The summed E-state index contributed by atoms with van der Waals surface area (Å²) in [6, 6.07) is 0. The molecule has 1 aliphatic heterocycles. The van der Waals surface area contributed by atoms with Crippen LogP contribution in [-0.2, 0) is 50.7 Å². The maximum atomic E-state index is 12.7. The third-order valence-corrected chi connectivity index (χ3v) is 15.6. The van der Waals surface area contributed by atoms with E-state index in [-0.39, 0.29) is 41.6 Å². The molecule has 2 aromatic rings. The molecule has 6 N–H and O–H groups in total. The molecule has 4 rings (SSSR count). The lowest BCUT2D eigenvalue weighted by molar-refractivity contribution is -0.347. The molecule has 3 heterocycles. The fourth-order valence-electron chi connectivity index (χ4n) is 7.75. The SMILES string of the molecule is CCCCCCC1C[C@H]1CCCCCCCCCC(=O)SCCNC(=O)CCNC(=O)[C@H](O)C(C)(C)COP(=O)([O-])OP(=O)([O-])OC[C@H]1O[C@@H](n2cnc3c(N)ncnc32)[C@H](O)[C@@H]1OP(=O)([O-])[O-]. The highest BCUT2D eigenvalue weighted by Crippen LogP contribution is 2.56. The van der Waals surface area contributed by atoms with Crippen molar-refractivity contribution >= 4 is 69.1 Å². The van der Waals surface area contributed by atoms with Gasteiger partial charge in [0.1, 0.15) is 36.3 Å². The van der Waals surface area contributed by atoms with Gasteiger partial charge in [-0.1, -0.05) is 110 Å². The van der Waals surface area contributed by atoms with Gasteiger partial charge >= 0.3 is 0 Å². The van der Waals surface area contributed by atoms with Gasteiger partial charge in [0.15, 0.2) is 22.8 Å². The minimum Gasteiger partial charge on any atom is -0.790 e. The van der Waals surface area contributed by atoms with Gasteiger partial charge in [0.05, 0.1) is 27.4 Å². The number of phosphoric ester groups is 3. The number of amides is 2. The number of imidazole rings is 1. The zero-order valence-corrected chi connectivity index (χ0v) is 42.2. The predicted octanol–water partition coefficient (Wildman–Crippen LogP) is 2.25. The smallest absolute Gasteiger partial charge is 0.274 e. The molecule has 1 aliphatic carbocycles. The number of rotatable bonds is 34. The molecular weight excluding hydrogens is 975 g/mol. The molecule has 0 bridgehead atoms. The van der Waals surface area contributed by atoms with Crippen LogP contribution in [0.25, 0.3) is 11.2 Å². The summed E-state index contributed by atoms with van der Waals surface area (Å²) in [5.74, 6) is 0.839. The number of hydrogen-bond donors (Lipinski definition) is 5. The maximum Gasteiger partial charge on any atom is 0.274 e. The zero-order valence-electron chi connectivity index (χ0n) is 38.7. The van der Waals surface area contributed by atoms with E-state index in [1.54, 1.807) is 0 Å². The molecule has 2 aromatic heterocycles. The second-order valence-corrected chi connectivity index (χ2v) is 23.0. The van der Waals surface area contributed by atoms with Crippen molar-refractivity contribution in [3.8, 4) is 0 Å². The number of nitrogens with zero attached hydrogens (tertiary/aromatic N) is 4. The molecule has 1 saturated heterocycles. The van der Waals surface area contributed by atoms with Gasteiger partial charge in [0.25, 0.3) is 15.6 Å². The molecule has 24 nitrogen and oxygen atoms in total. The van der Waals surface area contributed by atoms with Crippen LogP contribution in [0.5, 0.6) is 0 Å². The summed E-state index contributed by atoms with van der Waals surface area (Å²) in [7, 11) is -17.6. The van der Waals surface area contributed by atoms with E-state index >= 15 is 0 Å². The number of aliphatic hydroxyl groups excluding tert-OH is 2. The third kappa shape index (κ3) is 20.0. The number of unbranched alkanes of at least 4 members (excludes halogenated alkanes) is 9. The summed E-state index contributed by atoms with van der Waals surface area (Å²) in [5, 5.41) is 26.5. The van der Waals surface area contributed by atoms with Crippen LogP contribution in [0.15, 0.2) is 12.7 Å². The monoisotopic (exact) mass is 1040 g/mol. The number of ether oxygens (including phenoxy) is 1. The fourth-order valence-corrected chi connectivity index (χ4v) is 11.2. The molecule has 9 atom stereocenters. The molecular formula is C40H66N7O17P3S-4. The lowest BCUT2D eigenvalue weighted by Gasteiger charge is -2.36. The van der Waals surface area contributed by atoms with Gasteiger partial charge in [-0.25, -0.2) is 19.3 Å². The molecule has 2 aliphatic rings. The van der Waals surface area contributed by atoms with Crippen molar-refractivity contribution in [2.45, 2.75) is 154 Å². The van der Waals surface area contributed by atoms with Crippen molar-refractivity contribution in [3.63, 3.8) is 0 Å². The average Bonchev–Trinajstić information content (AvgIpc) is 3.75. The summed E-state index contributed by atoms with van der Waals surface area (Å²) in [6.45, 7) is 2.44. The van der Waals surface area contributed by atoms with Crippen LogP contribution in [-0.4, -0.2) is 103 Å². The summed E-state index contributed by atoms with van der Waals surface area (Å²) in [6.07, 6.45) is 10.6. The van der Waals surface area contributed by atoms with Gasteiger partial charge in [-0.2, -0.15) is 0 Å². The highest BCUT2D eigenvalue weighted by atomic mass is 32.2. The van der Waals surface area contributed by atoms with E-state index in [4.69, 9.17) is 10.5 Å². The minimum atomic E-state index is -5.92. The number of phosphoric acid groups is 3. The lowest BCUT2D eigenvalue weighted by Crippen LogP contribution is -2.46. The van der Waals surface area contributed by atoms with Crippen molar-refractivity contribution < 1.29 is 80.5 Å². The maximum absolute atomic E-state index is 12.7. The Hall–Kier alpha value is -2.44. The molecule has 0 radical (unpaired) electrons. The van der Waals surface area contributed by atoms with Crippen molar-refractivity contribution in [1.82, 2.24) is 30.2 Å². The summed E-state index contributed by atoms with van der Waals surface area (Å²) in [5.41, 5.74) is 4.10. The number of hydrogen-bond acceptors (Lipinski definition) is 22. The molecule has 0 aromatic carbocycles. The van der Waals surface area contributed by atoms with Crippen LogP contribution in [0.2, 0.25) is 0 Å². The molecule has 68 heavy (non-hydrogen) atoms. The molecule has 2 amide bonds. The largest absolute Gasteiger partial charge is 0.790 e. The number of nitrogens with two attached hydrogens (primary N) is 1. The van der Waals surface area contributed by atoms with E-state index in [2.05, 4.69) is 50.4 Å². The van der Waals surface area contributed by atoms with Crippen LogP contribution < -0.4 is 35.9 Å². The number of nitrogen functional groups attached to an aromatic ring is 1. The van der Waals surface area contributed by atoms with Gasteiger partial charge in [0, 0.05) is 37.1 Å². The average molecular weight is 1040 g/mol. The van der Waals surface area contributed by atoms with Crippen LogP contribution in [0.3, 0.4) is 0 Å². The van der Waals surface area contributed by atoms with Crippen LogP contribution in [0.1, 0.15) is 130 Å². The molecule has 388 valence electrons. The van der Waals surface area contributed by atoms with Gasteiger partial charge < -0.3 is 69.0 Å². The first kappa shape index (κ1) is 58.1. The van der Waals surface area contributed by atoms with Crippen molar-refractivity contribution in [2.75, 3.05) is 37.8 Å². The van der Waals surface area contributed by atoms with E-state index < -0.39 is 84.6 Å².